The third-order valence-electron chi connectivity index (χ3n) is 3.97. The van der Waals surface area contributed by atoms with Crippen molar-refractivity contribution in [1.82, 2.24) is 4.31 Å². The number of carbonyl (C=O) groups is 1. The van der Waals surface area contributed by atoms with Gasteiger partial charge >= 0.3 is 5.97 Å². The highest BCUT2D eigenvalue weighted by Gasteiger charge is 2.45. The summed E-state index contributed by atoms with van der Waals surface area (Å²) in [6.45, 7) is 0.970. The Bertz CT molecular complexity index is 415. The number of aliphatic carboxylic acids is 1. The molecular formula is C11H19NO5S. The van der Waals surface area contributed by atoms with E-state index >= 15 is 0 Å². The number of hydrogen-bond acceptors (Lipinski definition) is 4. The second kappa shape index (κ2) is 5.14. The van der Waals surface area contributed by atoms with E-state index in [0.29, 0.717) is 38.9 Å². The van der Waals surface area contributed by atoms with Crippen LogP contribution in [0, 0.1) is 5.92 Å². The normalized spacial score (nSPS) is 33.1. The van der Waals surface area contributed by atoms with Crippen molar-refractivity contribution < 1.29 is 23.1 Å². The fraction of sp³-hybridized carbons (Fsp3) is 0.909. The Kier molecular flexibility index (Phi) is 3.93. The van der Waals surface area contributed by atoms with Crippen molar-refractivity contribution in [2.75, 3.05) is 20.3 Å². The lowest BCUT2D eigenvalue weighted by atomic mass is 10.1. The van der Waals surface area contributed by atoms with E-state index in [1.165, 1.54) is 11.4 Å². The van der Waals surface area contributed by atoms with Gasteiger partial charge in [-0.15, -0.1) is 0 Å². The molecule has 2 rings (SSSR count). The predicted molar refractivity (Wildman–Crippen MR) is 64.7 cm³/mol. The van der Waals surface area contributed by atoms with Gasteiger partial charge in [0.05, 0.1) is 23.8 Å². The molecule has 0 spiro atoms. The fourth-order valence-corrected chi connectivity index (χ4v) is 4.94. The molecule has 3 unspecified atom stereocenters. The molecule has 1 saturated carbocycles. The maximum Gasteiger partial charge on any atom is 0.307 e. The number of ether oxygens (including phenoxy) is 1. The summed E-state index contributed by atoms with van der Waals surface area (Å²) >= 11 is 0. The second-order valence-electron chi connectivity index (χ2n) is 4.99. The molecule has 7 heteroatoms. The Morgan fingerprint density at radius 3 is 2.61 bits per heavy atom. The Hall–Kier alpha value is -0.660. The smallest absolute Gasteiger partial charge is 0.307 e. The summed E-state index contributed by atoms with van der Waals surface area (Å²) in [4.78, 5) is 11.1. The quantitative estimate of drug-likeness (QED) is 0.798. The Labute approximate surface area is 107 Å². The van der Waals surface area contributed by atoms with E-state index in [9.17, 15) is 13.2 Å². The molecule has 1 heterocycles. The fourth-order valence-electron chi connectivity index (χ4n) is 2.80. The van der Waals surface area contributed by atoms with Gasteiger partial charge in [0.15, 0.2) is 0 Å². The SMILES string of the molecule is CN(C1CCOC1)S(=O)(=O)C1CCCC1C(=O)O. The monoisotopic (exact) mass is 277 g/mol. The average molecular weight is 277 g/mol. The summed E-state index contributed by atoms with van der Waals surface area (Å²) in [5.41, 5.74) is 0. The maximum absolute atomic E-state index is 12.4. The predicted octanol–water partition coefficient (Wildman–Crippen LogP) is 0.290. The highest BCUT2D eigenvalue weighted by atomic mass is 32.2. The third kappa shape index (κ3) is 2.39. The first-order chi connectivity index (χ1) is 8.44. The van der Waals surface area contributed by atoms with Crippen LogP contribution in [0.3, 0.4) is 0 Å². The highest BCUT2D eigenvalue weighted by Crippen LogP contribution is 2.34. The molecule has 0 bridgehead atoms. The van der Waals surface area contributed by atoms with E-state index in [-0.39, 0.29) is 6.04 Å². The van der Waals surface area contributed by atoms with Crippen LogP contribution in [-0.4, -0.2) is 55.4 Å². The lowest BCUT2D eigenvalue weighted by molar-refractivity contribution is -0.141. The minimum absolute atomic E-state index is 0.148. The van der Waals surface area contributed by atoms with Crippen molar-refractivity contribution in [3.63, 3.8) is 0 Å². The molecule has 6 nitrogen and oxygen atoms in total. The van der Waals surface area contributed by atoms with Crippen LogP contribution >= 0.6 is 0 Å². The highest BCUT2D eigenvalue weighted by molar-refractivity contribution is 7.89. The average Bonchev–Trinajstić information content (AvgIpc) is 2.99. The number of carboxylic acid groups (broad SMARTS) is 1. The summed E-state index contributed by atoms with van der Waals surface area (Å²) in [7, 11) is -2.01. The Morgan fingerprint density at radius 2 is 2.06 bits per heavy atom. The van der Waals surface area contributed by atoms with Crippen molar-refractivity contribution in [1.29, 1.82) is 0 Å². The van der Waals surface area contributed by atoms with Gasteiger partial charge in [0, 0.05) is 13.7 Å². The zero-order chi connectivity index (χ0) is 13.3. The molecule has 0 aromatic carbocycles. The van der Waals surface area contributed by atoms with Crippen molar-refractivity contribution >= 4 is 16.0 Å². The van der Waals surface area contributed by atoms with E-state index in [1.807, 2.05) is 0 Å². The summed E-state index contributed by atoms with van der Waals surface area (Å²) < 4.78 is 31.4. The molecule has 1 aliphatic heterocycles. The molecular weight excluding hydrogens is 258 g/mol. The number of sulfonamides is 1. The third-order valence-corrected chi connectivity index (χ3v) is 6.40. The van der Waals surface area contributed by atoms with Crippen LogP contribution < -0.4 is 0 Å². The molecule has 0 aromatic heterocycles. The van der Waals surface area contributed by atoms with E-state index in [4.69, 9.17) is 9.84 Å². The number of nitrogens with zero attached hydrogens (tertiary/aromatic N) is 1. The first kappa shape index (κ1) is 13.8. The molecule has 2 aliphatic rings. The van der Waals surface area contributed by atoms with Gasteiger partial charge in [-0.1, -0.05) is 6.42 Å². The molecule has 3 atom stereocenters. The molecule has 104 valence electrons. The molecule has 0 amide bonds. The molecule has 0 aromatic rings. The van der Waals surface area contributed by atoms with E-state index in [0.717, 1.165) is 0 Å². The molecule has 2 fully saturated rings. The first-order valence-electron chi connectivity index (χ1n) is 6.22. The molecule has 1 saturated heterocycles. The summed E-state index contributed by atoms with van der Waals surface area (Å²) in [5, 5.41) is 8.31. The van der Waals surface area contributed by atoms with Crippen molar-refractivity contribution in [2.45, 2.75) is 37.0 Å². The van der Waals surface area contributed by atoms with Crippen LogP contribution in [0.4, 0.5) is 0 Å². The number of hydrogen-bond donors (Lipinski definition) is 1. The van der Waals surface area contributed by atoms with Gasteiger partial charge in [0.2, 0.25) is 10.0 Å². The lowest BCUT2D eigenvalue weighted by Crippen LogP contribution is -2.45. The minimum Gasteiger partial charge on any atom is -0.481 e. The van der Waals surface area contributed by atoms with Crippen LogP contribution in [0.5, 0.6) is 0 Å². The molecule has 1 aliphatic carbocycles. The van der Waals surface area contributed by atoms with Crippen LogP contribution in [-0.2, 0) is 19.6 Å². The molecule has 1 N–H and O–H groups in total. The van der Waals surface area contributed by atoms with Crippen molar-refractivity contribution in [3.05, 3.63) is 0 Å². The van der Waals surface area contributed by atoms with Gasteiger partial charge in [-0.25, -0.2) is 8.42 Å². The Balaban J connectivity index is 2.16. The van der Waals surface area contributed by atoms with E-state index in [1.54, 1.807) is 0 Å². The van der Waals surface area contributed by atoms with Gasteiger partial charge in [0.25, 0.3) is 0 Å². The largest absolute Gasteiger partial charge is 0.481 e. The zero-order valence-corrected chi connectivity index (χ0v) is 11.2. The molecule has 18 heavy (non-hydrogen) atoms. The van der Waals surface area contributed by atoms with Gasteiger partial charge in [-0.2, -0.15) is 4.31 Å². The first-order valence-corrected chi connectivity index (χ1v) is 7.72. The summed E-state index contributed by atoms with van der Waals surface area (Å²) in [5.74, 6) is -1.77. The number of likely N-dealkylation sites (N-methyl/N-ethyl adjacent to an activating group) is 1. The second-order valence-corrected chi connectivity index (χ2v) is 7.20. The van der Waals surface area contributed by atoms with Crippen LogP contribution in [0.25, 0.3) is 0 Å². The van der Waals surface area contributed by atoms with Crippen LogP contribution in [0.15, 0.2) is 0 Å². The molecule has 0 radical (unpaired) electrons. The van der Waals surface area contributed by atoms with Crippen molar-refractivity contribution in [3.8, 4) is 0 Å². The van der Waals surface area contributed by atoms with Gasteiger partial charge in [0.1, 0.15) is 0 Å². The van der Waals surface area contributed by atoms with Crippen molar-refractivity contribution in [2.24, 2.45) is 5.92 Å². The topological polar surface area (TPSA) is 83.9 Å². The lowest BCUT2D eigenvalue weighted by Gasteiger charge is -2.27. The van der Waals surface area contributed by atoms with E-state index in [2.05, 4.69) is 0 Å². The van der Waals surface area contributed by atoms with Gasteiger partial charge in [-0.3, -0.25) is 4.79 Å². The summed E-state index contributed by atoms with van der Waals surface area (Å²) in [6, 6.07) is -0.148. The minimum atomic E-state index is -3.54. The van der Waals surface area contributed by atoms with E-state index < -0.39 is 27.2 Å². The zero-order valence-electron chi connectivity index (χ0n) is 10.4. The van der Waals surface area contributed by atoms with Gasteiger partial charge < -0.3 is 9.84 Å². The Morgan fingerprint density at radius 1 is 1.33 bits per heavy atom. The standard InChI is InChI=1S/C11H19NO5S/c1-12(8-5-6-17-7-8)18(15,16)10-4-2-3-9(10)11(13)14/h8-10H,2-7H2,1H3,(H,13,14). The van der Waals surface area contributed by atoms with Crippen LogP contribution in [0.2, 0.25) is 0 Å². The number of rotatable bonds is 4. The maximum atomic E-state index is 12.4. The van der Waals surface area contributed by atoms with Crippen LogP contribution in [0.1, 0.15) is 25.7 Å². The number of carboxylic acids is 1. The van der Waals surface area contributed by atoms with Gasteiger partial charge in [-0.05, 0) is 19.3 Å². The summed E-state index contributed by atoms with van der Waals surface area (Å²) in [6.07, 6.45) is 2.24.